The smallest absolute Gasteiger partial charge is 0.126 e. The lowest BCUT2D eigenvalue weighted by atomic mass is 10.0. The van der Waals surface area contributed by atoms with Gasteiger partial charge in [0.05, 0.1) is 12.1 Å². The van der Waals surface area contributed by atoms with Crippen LogP contribution in [-0.4, -0.2) is 13.4 Å². The van der Waals surface area contributed by atoms with E-state index in [9.17, 15) is 0 Å². The Bertz CT molecular complexity index is 543. The van der Waals surface area contributed by atoms with Gasteiger partial charge in [-0.15, -0.1) is 11.8 Å². The first-order valence-electron chi connectivity index (χ1n) is 5.65. The lowest BCUT2D eigenvalue weighted by Gasteiger charge is -2.12. The molecule has 0 aromatic heterocycles. The van der Waals surface area contributed by atoms with Crippen molar-refractivity contribution in [2.24, 2.45) is 0 Å². The van der Waals surface area contributed by atoms with Crippen molar-refractivity contribution in [1.82, 2.24) is 0 Å². The monoisotopic (exact) mass is 278 g/mol. The second-order valence-electron chi connectivity index (χ2n) is 4.01. The van der Waals surface area contributed by atoms with Crippen molar-refractivity contribution in [3.05, 3.63) is 47.0 Å². The Morgan fingerprint density at radius 2 is 1.89 bits per heavy atom. The van der Waals surface area contributed by atoms with Crippen molar-refractivity contribution in [2.45, 2.75) is 11.8 Å². The van der Waals surface area contributed by atoms with Crippen LogP contribution >= 0.6 is 23.4 Å². The van der Waals surface area contributed by atoms with E-state index in [2.05, 4.69) is 13.0 Å². The summed E-state index contributed by atoms with van der Waals surface area (Å²) in [5.74, 6) is 0.866. The van der Waals surface area contributed by atoms with Crippen LogP contribution in [0.4, 0.5) is 0 Å². The van der Waals surface area contributed by atoms with Crippen molar-refractivity contribution in [3.8, 4) is 16.9 Å². The molecule has 0 aliphatic rings. The molecule has 2 aromatic rings. The van der Waals surface area contributed by atoms with Crippen LogP contribution in [0.3, 0.4) is 0 Å². The van der Waals surface area contributed by atoms with E-state index in [1.54, 1.807) is 18.9 Å². The Kier molecular flexibility index (Phi) is 4.20. The number of rotatable bonds is 3. The number of hydrogen-bond acceptors (Lipinski definition) is 2. The van der Waals surface area contributed by atoms with Crippen LogP contribution in [0, 0.1) is 6.92 Å². The van der Waals surface area contributed by atoms with Gasteiger partial charge in [0.2, 0.25) is 0 Å². The number of benzene rings is 2. The zero-order chi connectivity index (χ0) is 13.1. The average molecular weight is 279 g/mol. The van der Waals surface area contributed by atoms with Crippen molar-refractivity contribution >= 4 is 23.4 Å². The topological polar surface area (TPSA) is 9.23 Å². The van der Waals surface area contributed by atoms with Crippen molar-refractivity contribution in [2.75, 3.05) is 13.4 Å². The molecule has 0 aliphatic heterocycles. The lowest BCUT2D eigenvalue weighted by molar-refractivity contribution is 0.416. The predicted octanol–water partition coefficient (Wildman–Crippen LogP) is 5.05. The number of halogens is 1. The predicted molar refractivity (Wildman–Crippen MR) is 80.0 cm³/mol. The largest absolute Gasteiger partial charge is 0.496 e. The molecule has 0 aliphatic carbocycles. The van der Waals surface area contributed by atoms with Gasteiger partial charge in [-0.05, 0) is 36.4 Å². The molecule has 0 spiro atoms. The summed E-state index contributed by atoms with van der Waals surface area (Å²) in [6, 6.07) is 12.1. The van der Waals surface area contributed by atoms with Crippen LogP contribution in [0.2, 0.25) is 5.02 Å². The molecule has 0 atom stereocenters. The van der Waals surface area contributed by atoms with Gasteiger partial charge in [-0.25, -0.2) is 0 Å². The van der Waals surface area contributed by atoms with E-state index in [4.69, 9.17) is 16.3 Å². The third-order valence-corrected chi connectivity index (χ3v) is 4.21. The highest BCUT2D eigenvalue weighted by Crippen LogP contribution is 2.36. The summed E-state index contributed by atoms with van der Waals surface area (Å²) in [5, 5.41) is 0.795. The van der Waals surface area contributed by atoms with E-state index < -0.39 is 0 Å². The second-order valence-corrected chi connectivity index (χ2v) is 5.23. The number of para-hydroxylation sites is 1. The third-order valence-electron chi connectivity index (χ3n) is 2.85. The molecule has 0 saturated heterocycles. The van der Waals surface area contributed by atoms with Gasteiger partial charge < -0.3 is 4.74 Å². The van der Waals surface area contributed by atoms with Gasteiger partial charge in [-0.3, -0.25) is 0 Å². The van der Waals surface area contributed by atoms with Gasteiger partial charge in [0.25, 0.3) is 0 Å². The summed E-state index contributed by atoms with van der Waals surface area (Å²) >= 11 is 7.99. The molecule has 0 unspecified atom stereocenters. The molecule has 0 heterocycles. The van der Waals surface area contributed by atoms with E-state index in [1.165, 1.54) is 5.56 Å². The van der Waals surface area contributed by atoms with Crippen LogP contribution < -0.4 is 4.74 Å². The minimum absolute atomic E-state index is 0.795. The van der Waals surface area contributed by atoms with Crippen LogP contribution in [0.1, 0.15) is 5.56 Å². The summed E-state index contributed by atoms with van der Waals surface area (Å²) in [4.78, 5) is 1.13. The number of ether oxygens (including phenoxy) is 1. The molecular formula is C15H15ClOS. The van der Waals surface area contributed by atoms with Gasteiger partial charge >= 0.3 is 0 Å². The normalized spacial score (nSPS) is 10.4. The van der Waals surface area contributed by atoms with Crippen LogP contribution in [0.25, 0.3) is 11.1 Å². The van der Waals surface area contributed by atoms with Gasteiger partial charge in [0, 0.05) is 10.5 Å². The zero-order valence-corrected chi connectivity index (χ0v) is 12.2. The Hall–Kier alpha value is -1.12. The summed E-state index contributed by atoms with van der Waals surface area (Å²) in [7, 11) is 1.68. The SMILES string of the molecule is COc1ccccc1-c1cc(C)c(SC)c(Cl)c1. The van der Waals surface area contributed by atoms with Crippen LogP contribution in [-0.2, 0) is 0 Å². The maximum absolute atomic E-state index is 6.32. The minimum atomic E-state index is 0.795. The minimum Gasteiger partial charge on any atom is -0.496 e. The maximum Gasteiger partial charge on any atom is 0.126 e. The van der Waals surface area contributed by atoms with Gasteiger partial charge in [0.15, 0.2) is 0 Å². The van der Waals surface area contributed by atoms with E-state index in [1.807, 2.05) is 36.6 Å². The molecule has 2 aromatic carbocycles. The number of thioether (sulfide) groups is 1. The molecule has 0 amide bonds. The molecule has 18 heavy (non-hydrogen) atoms. The first-order valence-corrected chi connectivity index (χ1v) is 7.25. The Balaban J connectivity index is 2.58. The Labute approximate surface area is 117 Å². The molecule has 2 rings (SSSR count). The lowest BCUT2D eigenvalue weighted by Crippen LogP contribution is -1.89. The zero-order valence-electron chi connectivity index (χ0n) is 10.7. The average Bonchev–Trinajstić information content (AvgIpc) is 2.38. The van der Waals surface area contributed by atoms with E-state index in [0.29, 0.717) is 0 Å². The fourth-order valence-corrected chi connectivity index (χ4v) is 3.16. The first-order chi connectivity index (χ1) is 8.67. The first kappa shape index (κ1) is 13.3. The third kappa shape index (κ3) is 2.50. The molecular weight excluding hydrogens is 264 g/mol. The Morgan fingerprint density at radius 1 is 1.17 bits per heavy atom. The van der Waals surface area contributed by atoms with E-state index in [-0.39, 0.29) is 0 Å². The van der Waals surface area contributed by atoms with Gasteiger partial charge in [-0.1, -0.05) is 35.9 Å². The van der Waals surface area contributed by atoms with Gasteiger partial charge in [-0.2, -0.15) is 0 Å². The molecule has 1 nitrogen and oxygen atoms in total. The number of aryl methyl sites for hydroxylation is 1. The maximum atomic E-state index is 6.32. The second kappa shape index (κ2) is 5.68. The van der Waals surface area contributed by atoms with E-state index in [0.717, 1.165) is 26.8 Å². The fraction of sp³-hybridized carbons (Fsp3) is 0.200. The van der Waals surface area contributed by atoms with Crippen LogP contribution in [0.5, 0.6) is 5.75 Å². The molecule has 94 valence electrons. The van der Waals surface area contributed by atoms with Crippen molar-refractivity contribution in [3.63, 3.8) is 0 Å². The molecule has 0 N–H and O–H groups in total. The molecule has 0 bridgehead atoms. The molecule has 3 heteroatoms. The number of methoxy groups -OCH3 is 1. The summed E-state index contributed by atoms with van der Waals surface area (Å²) in [5.41, 5.74) is 3.35. The Morgan fingerprint density at radius 3 is 2.50 bits per heavy atom. The fourth-order valence-electron chi connectivity index (χ4n) is 2.03. The molecule has 0 fully saturated rings. The highest BCUT2D eigenvalue weighted by atomic mass is 35.5. The van der Waals surface area contributed by atoms with Crippen LogP contribution in [0.15, 0.2) is 41.3 Å². The highest BCUT2D eigenvalue weighted by molar-refractivity contribution is 7.98. The van der Waals surface area contributed by atoms with Crippen molar-refractivity contribution in [1.29, 1.82) is 0 Å². The summed E-state index contributed by atoms with van der Waals surface area (Å²) in [6.45, 7) is 2.08. The summed E-state index contributed by atoms with van der Waals surface area (Å²) < 4.78 is 5.39. The molecule has 0 saturated carbocycles. The summed E-state index contributed by atoms with van der Waals surface area (Å²) in [6.07, 6.45) is 2.04. The van der Waals surface area contributed by atoms with Crippen molar-refractivity contribution < 1.29 is 4.74 Å². The molecule has 0 radical (unpaired) electrons. The van der Waals surface area contributed by atoms with Gasteiger partial charge in [0.1, 0.15) is 5.75 Å². The van der Waals surface area contributed by atoms with E-state index >= 15 is 0 Å². The quantitative estimate of drug-likeness (QED) is 0.727. The highest BCUT2D eigenvalue weighted by Gasteiger charge is 2.10. The number of hydrogen-bond donors (Lipinski definition) is 0. The standard InChI is InChI=1S/C15H15ClOS/c1-10-8-11(9-13(16)15(10)18-3)12-6-4-5-7-14(12)17-2/h4-9H,1-3H3.